The summed E-state index contributed by atoms with van der Waals surface area (Å²) in [6, 6.07) is 3.11. The quantitative estimate of drug-likeness (QED) is 0.345. The number of imidazole rings is 1. The van der Waals surface area contributed by atoms with E-state index in [0.717, 1.165) is 16.5 Å². The number of aromatic nitrogens is 4. The van der Waals surface area contributed by atoms with Crippen LogP contribution in [-0.4, -0.2) is 55.6 Å². The average Bonchev–Trinajstić information content (AvgIpc) is 3.39. The van der Waals surface area contributed by atoms with Crippen molar-refractivity contribution in [1.82, 2.24) is 30.0 Å². The average molecular weight is 548 g/mol. The summed E-state index contributed by atoms with van der Waals surface area (Å²) in [7, 11) is 0. The molecule has 204 valence electrons. The van der Waals surface area contributed by atoms with Gasteiger partial charge in [0.25, 0.3) is 12.3 Å². The number of rotatable bonds is 8. The highest BCUT2D eigenvalue weighted by molar-refractivity contribution is 6.32. The molecule has 1 aliphatic rings. The maximum absolute atomic E-state index is 14.0. The Kier molecular flexibility index (Phi) is 7.51. The molecule has 4 rings (SSSR count). The van der Waals surface area contributed by atoms with Crippen molar-refractivity contribution in [3.8, 4) is 0 Å². The lowest BCUT2D eigenvalue weighted by molar-refractivity contribution is -0.130. The zero-order chi connectivity index (χ0) is 27.9. The lowest BCUT2D eigenvalue weighted by Gasteiger charge is -2.39. The number of amides is 2. The van der Waals surface area contributed by atoms with Gasteiger partial charge >= 0.3 is 0 Å². The molecule has 0 spiro atoms. The molecule has 0 bridgehead atoms. The van der Waals surface area contributed by atoms with Crippen LogP contribution in [-0.2, 0) is 16.8 Å². The fraction of sp³-hybridized carbons (Fsp3) is 0.462. The van der Waals surface area contributed by atoms with Crippen molar-refractivity contribution in [2.75, 3.05) is 18.4 Å². The van der Waals surface area contributed by atoms with Gasteiger partial charge in [0.15, 0.2) is 5.82 Å². The van der Waals surface area contributed by atoms with Crippen LogP contribution in [0.5, 0.6) is 0 Å². The van der Waals surface area contributed by atoms with Crippen LogP contribution in [0.1, 0.15) is 74.7 Å². The van der Waals surface area contributed by atoms with Crippen LogP contribution in [0.2, 0.25) is 5.02 Å². The Morgan fingerprint density at radius 1 is 1.29 bits per heavy atom. The molecule has 1 aliphatic heterocycles. The monoisotopic (exact) mass is 547 g/mol. The number of nitrogens with zero attached hydrogens (tertiary/aromatic N) is 4. The Bertz CT molecular complexity index is 1380. The highest BCUT2D eigenvalue weighted by Gasteiger charge is 2.34. The Labute approximate surface area is 224 Å². The van der Waals surface area contributed by atoms with Gasteiger partial charge in [0.05, 0.1) is 18.1 Å². The van der Waals surface area contributed by atoms with Crippen LogP contribution < -0.4 is 10.6 Å². The Morgan fingerprint density at radius 2 is 1.97 bits per heavy atom. The van der Waals surface area contributed by atoms with E-state index in [0.29, 0.717) is 10.8 Å². The first-order valence-corrected chi connectivity index (χ1v) is 12.7. The molecule has 3 aromatic rings. The lowest BCUT2D eigenvalue weighted by Crippen LogP contribution is -2.60. The zero-order valence-electron chi connectivity index (χ0n) is 22.0. The van der Waals surface area contributed by atoms with Gasteiger partial charge in [-0.2, -0.15) is 5.10 Å². The van der Waals surface area contributed by atoms with Crippen LogP contribution in [0.4, 0.5) is 14.6 Å². The second-order valence-corrected chi connectivity index (χ2v) is 11.1. The molecule has 0 atom stereocenters. The number of carbonyl (C=O) groups excluding carboxylic acids is 2. The number of alkyl halides is 2. The van der Waals surface area contributed by atoms with Crippen molar-refractivity contribution >= 4 is 40.1 Å². The Hall–Kier alpha value is -3.47. The van der Waals surface area contributed by atoms with E-state index < -0.39 is 18.0 Å². The molecule has 0 saturated carbocycles. The largest absolute Gasteiger partial charge is 0.361 e. The van der Waals surface area contributed by atoms with E-state index in [1.807, 2.05) is 12.1 Å². The first-order valence-electron chi connectivity index (χ1n) is 12.3. The molecule has 12 heteroatoms. The lowest BCUT2D eigenvalue weighted by atomic mass is 9.86. The summed E-state index contributed by atoms with van der Waals surface area (Å²) in [6.07, 6.45) is -1.75. The number of carbonyl (C=O) groups is 2. The minimum Gasteiger partial charge on any atom is -0.361 e. The van der Waals surface area contributed by atoms with Crippen molar-refractivity contribution in [2.45, 2.75) is 65.1 Å². The number of aromatic amines is 1. The number of anilines is 1. The van der Waals surface area contributed by atoms with Gasteiger partial charge in [-0.05, 0) is 43.0 Å². The molecule has 0 radical (unpaired) electrons. The zero-order valence-corrected chi connectivity index (χ0v) is 22.8. The predicted octanol–water partition coefficient (Wildman–Crippen LogP) is 4.97. The summed E-state index contributed by atoms with van der Waals surface area (Å²) in [5.41, 5.74) is 0.714. The molecule has 0 unspecified atom stereocenters. The molecule has 2 amide bonds. The fourth-order valence-electron chi connectivity index (χ4n) is 4.60. The van der Waals surface area contributed by atoms with E-state index in [1.54, 1.807) is 13.8 Å². The van der Waals surface area contributed by atoms with Crippen molar-refractivity contribution in [2.24, 2.45) is 0 Å². The van der Waals surface area contributed by atoms with Crippen LogP contribution in [0, 0.1) is 0 Å². The highest BCUT2D eigenvalue weighted by atomic mass is 35.5. The van der Waals surface area contributed by atoms with Gasteiger partial charge in [-0.15, -0.1) is 0 Å². The number of H-pyrrole nitrogens is 1. The molecule has 2 aromatic heterocycles. The third-order valence-corrected chi connectivity index (χ3v) is 6.84. The van der Waals surface area contributed by atoms with Crippen molar-refractivity contribution in [3.63, 3.8) is 0 Å². The smallest absolute Gasteiger partial charge is 0.282 e. The van der Waals surface area contributed by atoms with E-state index >= 15 is 0 Å². The summed E-state index contributed by atoms with van der Waals surface area (Å²) in [5, 5.41) is 14.6. The number of fused-ring (bicyclic) bond motifs is 1. The summed E-state index contributed by atoms with van der Waals surface area (Å²) < 4.78 is 29.6. The second-order valence-electron chi connectivity index (χ2n) is 10.7. The van der Waals surface area contributed by atoms with Gasteiger partial charge in [-0.25, -0.2) is 13.8 Å². The molecule has 3 heterocycles. The molecule has 38 heavy (non-hydrogen) atoms. The van der Waals surface area contributed by atoms with Crippen molar-refractivity contribution in [1.29, 1.82) is 0 Å². The SMILES string of the molecule is C=CC(=O)N1CC(NC(=O)c2c(C(F)F)nc(CNc3n[nH]c4cc(Cl)c(C(C)(C)C)cc34)n2C(C)C)C1. The standard InChI is InChI=1S/C26H32ClF2N7O2/c1-7-20(37)35-11-14(12-35)31-25(38)22-21(23(28)29)32-19(36(22)13(2)3)10-30-24-15-8-16(26(4,5)6)17(27)9-18(15)33-34-24/h7-9,13-14,23H,1,10-12H2,2-6H3,(H,31,38)(H2,30,33,34). The predicted molar refractivity (Wildman–Crippen MR) is 143 cm³/mol. The van der Waals surface area contributed by atoms with Crippen LogP contribution in [0.15, 0.2) is 24.8 Å². The fourth-order valence-corrected chi connectivity index (χ4v) is 5.05. The highest BCUT2D eigenvalue weighted by Crippen LogP contribution is 2.35. The van der Waals surface area contributed by atoms with E-state index in [2.05, 4.69) is 53.2 Å². The number of halogens is 3. The molecular weight excluding hydrogens is 516 g/mol. The molecule has 1 fully saturated rings. The first-order chi connectivity index (χ1) is 17.8. The second kappa shape index (κ2) is 10.4. The van der Waals surface area contributed by atoms with E-state index in [-0.39, 0.29) is 54.6 Å². The number of nitrogens with one attached hydrogen (secondary N) is 3. The summed E-state index contributed by atoms with van der Waals surface area (Å²) in [4.78, 5) is 30.5. The van der Waals surface area contributed by atoms with Crippen LogP contribution in [0.3, 0.4) is 0 Å². The molecule has 9 nitrogen and oxygen atoms in total. The van der Waals surface area contributed by atoms with E-state index in [1.165, 1.54) is 15.5 Å². The van der Waals surface area contributed by atoms with Gasteiger partial charge in [-0.1, -0.05) is 39.0 Å². The normalized spacial score (nSPS) is 14.3. The summed E-state index contributed by atoms with van der Waals surface area (Å²) >= 11 is 6.47. The van der Waals surface area contributed by atoms with Gasteiger partial charge < -0.3 is 20.1 Å². The first kappa shape index (κ1) is 27.6. The third-order valence-electron chi connectivity index (χ3n) is 6.52. The van der Waals surface area contributed by atoms with Gasteiger partial charge in [0.2, 0.25) is 5.91 Å². The number of benzene rings is 1. The maximum atomic E-state index is 14.0. The summed E-state index contributed by atoms with van der Waals surface area (Å²) in [6.45, 7) is 13.9. The van der Waals surface area contributed by atoms with Gasteiger partial charge in [0, 0.05) is 29.5 Å². The number of likely N-dealkylation sites (tertiary alicyclic amines) is 1. The van der Waals surface area contributed by atoms with Crippen LogP contribution in [0.25, 0.3) is 10.9 Å². The molecule has 1 aromatic carbocycles. The number of hydrogen-bond donors (Lipinski definition) is 3. The molecular formula is C26H32ClF2N7O2. The topological polar surface area (TPSA) is 108 Å². The van der Waals surface area contributed by atoms with E-state index in [4.69, 9.17) is 11.6 Å². The molecule has 0 aliphatic carbocycles. The minimum atomic E-state index is -2.95. The van der Waals surface area contributed by atoms with E-state index in [9.17, 15) is 18.4 Å². The van der Waals surface area contributed by atoms with Gasteiger partial charge in [0.1, 0.15) is 17.2 Å². The molecule has 3 N–H and O–H groups in total. The van der Waals surface area contributed by atoms with Crippen molar-refractivity contribution < 1.29 is 18.4 Å². The minimum absolute atomic E-state index is 0.0592. The summed E-state index contributed by atoms with van der Waals surface area (Å²) in [5.74, 6) is -0.101. The Balaban J connectivity index is 1.61. The van der Waals surface area contributed by atoms with Gasteiger partial charge in [-0.3, -0.25) is 14.7 Å². The van der Waals surface area contributed by atoms with Crippen molar-refractivity contribution in [3.05, 3.63) is 52.6 Å². The number of hydrogen-bond acceptors (Lipinski definition) is 5. The maximum Gasteiger partial charge on any atom is 0.282 e. The van der Waals surface area contributed by atoms with Crippen LogP contribution >= 0.6 is 11.6 Å². The Morgan fingerprint density at radius 3 is 2.55 bits per heavy atom. The molecule has 1 saturated heterocycles. The third kappa shape index (κ3) is 5.24.